The number of fused-ring (bicyclic) bond motifs is 9. The van der Waals surface area contributed by atoms with Crippen molar-refractivity contribution < 1.29 is 0 Å². The summed E-state index contributed by atoms with van der Waals surface area (Å²) in [6, 6.07) is 125. The fourth-order valence-corrected chi connectivity index (χ4v) is 24.2. The summed E-state index contributed by atoms with van der Waals surface area (Å²) in [5.74, 6) is 0. The number of benzene rings is 13. The average Bonchev–Trinajstić information content (AvgIpc) is 4.41. The van der Waals surface area contributed by atoms with E-state index in [1.807, 2.05) is 0 Å². The number of nitrogens with zero attached hydrogens (tertiary/aromatic N) is 3. The van der Waals surface area contributed by atoms with Crippen LogP contribution in [0.25, 0.3) is 82.5 Å². The smallest absolute Gasteiger partial charge is 0.180 e. The first-order valence-corrected chi connectivity index (χ1v) is 32.8. The van der Waals surface area contributed by atoms with Crippen LogP contribution in [0.5, 0.6) is 0 Å². The zero-order valence-corrected chi connectivity index (χ0v) is 47.6. The van der Waals surface area contributed by atoms with Crippen LogP contribution in [-0.2, 0) is 0 Å². The summed E-state index contributed by atoms with van der Waals surface area (Å²) in [6.07, 6.45) is 0. The lowest BCUT2D eigenvalue weighted by Crippen LogP contribution is -2.74. The first-order valence-electron chi connectivity index (χ1n) is 28.8. The Morgan fingerprint density at radius 1 is 0.181 bits per heavy atom. The fourth-order valence-electron chi connectivity index (χ4n) is 14.4. The second-order valence-electron chi connectivity index (χ2n) is 21.9. The van der Waals surface area contributed by atoms with Crippen LogP contribution in [0.1, 0.15) is 0 Å². The first kappa shape index (κ1) is 48.6. The van der Waals surface area contributed by atoms with Gasteiger partial charge in [0.25, 0.3) is 0 Å². The van der Waals surface area contributed by atoms with Crippen molar-refractivity contribution in [3.63, 3.8) is 0 Å². The van der Waals surface area contributed by atoms with Crippen LogP contribution >= 0.6 is 0 Å². The molecule has 0 unspecified atom stereocenters. The molecule has 13 aromatic carbocycles. The minimum absolute atomic E-state index is 1.13. The molecule has 3 aromatic heterocycles. The summed E-state index contributed by atoms with van der Waals surface area (Å²) in [6.45, 7) is 0. The van der Waals surface area contributed by atoms with Gasteiger partial charge in [-0.3, -0.25) is 0 Å². The van der Waals surface area contributed by atoms with Crippen LogP contribution in [0.4, 0.5) is 0 Å². The predicted molar refractivity (Wildman–Crippen MR) is 357 cm³/mol. The van der Waals surface area contributed by atoms with E-state index in [4.69, 9.17) is 0 Å². The minimum atomic E-state index is -3.07. The van der Waals surface area contributed by atoms with Crippen molar-refractivity contribution in [1.82, 2.24) is 13.7 Å². The first-order chi connectivity index (χ1) is 41.2. The van der Waals surface area contributed by atoms with Crippen LogP contribution in [-0.4, -0.2) is 29.8 Å². The molecule has 0 fully saturated rings. The van der Waals surface area contributed by atoms with Crippen molar-refractivity contribution in [2.24, 2.45) is 0 Å². The highest BCUT2D eigenvalue weighted by atomic mass is 28.3. The SMILES string of the molecule is c1ccc([Si](c2ccccc2)(c2cccc(-n3c4ccccc4c4ccccc43)c2)c2cccc(-n3c4ccccc4c4cc(-n5c6ccccc6c6c([Si](c7ccccc7)(c7ccccc7)c7ccccc7)cccc65)ccc43)c2)cc1. The van der Waals surface area contributed by atoms with Gasteiger partial charge in [0.2, 0.25) is 0 Å². The van der Waals surface area contributed by atoms with Crippen LogP contribution in [0.3, 0.4) is 0 Å². The van der Waals surface area contributed by atoms with Crippen molar-refractivity contribution in [3.8, 4) is 17.1 Å². The summed E-state index contributed by atoms with van der Waals surface area (Å²) < 4.78 is 7.48. The lowest BCUT2D eigenvalue weighted by molar-refractivity contribution is 1.17. The molecule has 0 radical (unpaired) electrons. The average molecular weight is 1090 g/mol. The Kier molecular flexibility index (Phi) is 11.6. The Labute approximate surface area is 484 Å². The summed E-state index contributed by atoms with van der Waals surface area (Å²) in [5, 5.41) is 18.3. The van der Waals surface area contributed by atoms with Gasteiger partial charge in [-0.1, -0.05) is 261 Å². The van der Waals surface area contributed by atoms with Crippen molar-refractivity contribution in [2.75, 3.05) is 0 Å². The van der Waals surface area contributed by atoms with E-state index < -0.39 is 16.1 Å². The fraction of sp³-hybridized carbons (Fsp3) is 0. The third kappa shape index (κ3) is 7.42. The molecule has 0 aliphatic rings. The Morgan fingerprint density at radius 2 is 0.482 bits per heavy atom. The van der Waals surface area contributed by atoms with Gasteiger partial charge in [-0.05, 0) is 114 Å². The van der Waals surface area contributed by atoms with E-state index in [-0.39, 0.29) is 0 Å². The third-order valence-electron chi connectivity index (χ3n) is 17.7. The second-order valence-corrected chi connectivity index (χ2v) is 29.5. The summed E-state index contributed by atoms with van der Waals surface area (Å²) >= 11 is 0. The van der Waals surface area contributed by atoms with Crippen LogP contribution in [0, 0.1) is 0 Å². The van der Waals surface area contributed by atoms with Gasteiger partial charge in [0, 0.05) is 49.4 Å². The molecule has 83 heavy (non-hydrogen) atoms. The molecule has 0 amide bonds. The number of hydrogen-bond donors (Lipinski definition) is 0. The maximum Gasteiger partial charge on any atom is 0.180 e. The second kappa shape index (κ2) is 19.7. The van der Waals surface area contributed by atoms with Gasteiger partial charge in [0.05, 0.1) is 33.1 Å². The molecule has 0 spiro atoms. The molecule has 3 nitrogen and oxygen atoms in total. The summed E-state index contributed by atoms with van der Waals surface area (Å²) in [7, 11) is -5.98. The van der Waals surface area contributed by atoms with Crippen molar-refractivity contribution >= 4 is 123 Å². The van der Waals surface area contributed by atoms with Gasteiger partial charge >= 0.3 is 0 Å². The Balaban J connectivity index is 0.909. The van der Waals surface area contributed by atoms with Crippen LogP contribution < -0.4 is 41.5 Å². The number of para-hydroxylation sites is 4. The van der Waals surface area contributed by atoms with Crippen molar-refractivity contribution in [2.45, 2.75) is 0 Å². The lowest BCUT2D eigenvalue weighted by Gasteiger charge is -2.35. The highest BCUT2D eigenvalue weighted by Gasteiger charge is 2.44. The third-order valence-corrected chi connectivity index (χ3v) is 27.3. The van der Waals surface area contributed by atoms with Gasteiger partial charge in [-0.15, -0.1) is 0 Å². The maximum atomic E-state index is 2.52. The topological polar surface area (TPSA) is 14.8 Å². The Morgan fingerprint density at radius 3 is 0.928 bits per heavy atom. The van der Waals surface area contributed by atoms with Crippen LogP contribution in [0.2, 0.25) is 0 Å². The maximum absolute atomic E-state index is 3.07. The minimum Gasteiger partial charge on any atom is -0.309 e. The molecule has 3 heterocycles. The van der Waals surface area contributed by atoms with Gasteiger partial charge in [0.15, 0.2) is 16.1 Å². The zero-order chi connectivity index (χ0) is 54.9. The monoisotopic (exact) mass is 1090 g/mol. The molecule has 390 valence electrons. The van der Waals surface area contributed by atoms with Gasteiger partial charge in [0.1, 0.15) is 0 Å². The number of aromatic nitrogens is 3. The molecule has 0 bridgehead atoms. The summed E-state index contributed by atoms with van der Waals surface area (Å²) in [5.41, 5.74) is 10.5. The molecular weight excluding hydrogens is 1040 g/mol. The Bertz CT molecular complexity index is 4890. The Hall–Kier alpha value is -10.3. The molecule has 0 atom stereocenters. The molecular formula is C78H55N3Si2. The molecule has 16 rings (SSSR count). The number of hydrogen-bond acceptors (Lipinski definition) is 0. The standard InChI is InChI=1S/C78H55N3Si2/c1-6-29-59(30-7-1)82(60-31-8-2-9-32-60,64-39-24-27-56(53-64)79-71-45-20-16-41-66(71)67-42-17-21-46-72(67)79)65-40-25-28-57(54-65)80-73-47-22-18-43-68(73)70-55-58(51-52-75(70)80)81-74-48-23-19-44-69(74)78-76(81)49-26-50-77(78)83(61-33-10-3-11-34-61,62-35-12-4-13-36-62)63-37-14-5-15-38-63/h1-55H. The van der Waals surface area contributed by atoms with E-state index in [0.717, 1.165) is 22.6 Å². The lowest BCUT2D eigenvalue weighted by atomic mass is 10.1. The van der Waals surface area contributed by atoms with E-state index in [2.05, 4.69) is 347 Å². The summed E-state index contributed by atoms with van der Waals surface area (Å²) in [4.78, 5) is 0. The van der Waals surface area contributed by atoms with Crippen molar-refractivity contribution in [1.29, 1.82) is 0 Å². The normalized spacial score (nSPS) is 12.1. The molecule has 0 aliphatic carbocycles. The highest BCUT2D eigenvalue weighted by molar-refractivity contribution is 7.21. The van der Waals surface area contributed by atoms with Gasteiger partial charge < -0.3 is 13.7 Å². The molecule has 0 saturated carbocycles. The van der Waals surface area contributed by atoms with E-state index in [1.54, 1.807) is 0 Å². The van der Waals surface area contributed by atoms with Crippen molar-refractivity contribution in [3.05, 3.63) is 334 Å². The zero-order valence-electron chi connectivity index (χ0n) is 45.6. The van der Waals surface area contributed by atoms with Gasteiger partial charge in [-0.25, -0.2) is 0 Å². The molecule has 0 N–H and O–H groups in total. The van der Waals surface area contributed by atoms with E-state index in [9.17, 15) is 0 Å². The highest BCUT2D eigenvalue weighted by Crippen LogP contribution is 2.38. The molecule has 0 saturated heterocycles. The quantitative estimate of drug-likeness (QED) is 0.0906. The predicted octanol–water partition coefficient (Wildman–Crippen LogP) is 13.7. The van der Waals surface area contributed by atoms with E-state index in [1.165, 1.54) is 101 Å². The van der Waals surface area contributed by atoms with Crippen LogP contribution in [0.15, 0.2) is 334 Å². The molecule has 5 heteroatoms. The van der Waals surface area contributed by atoms with E-state index >= 15 is 0 Å². The number of rotatable bonds is 11. The molecule has 16 aromatic rings. The largest absolute Gasteiger partial charge is 0.309 e. The van der Waals surface area contributed by atoms with E-state index in [0.29, 0.717) is 0 Å². The van der Waals surface area contributed by atoms with Gasteiger partial charge in [-0.2, -0.15) is 0 Å². The molecule has 0 aliphatic heterocycles.